The minimum atomic E-state index is -0.141. The molecule has 2 amide bonds. The van der Waals surface area contributed by atoms with Gasteiger partial charge in [-0.15, -0.1) is 0 Å². The van der Waals surface area contributed by atoms with Crippen molar-refractivity contribution in [3.05, 3.63) is 29.8 Å². The lowest BCUT2D eigenvalue weighted by atomic mass is 10.1. The number of carbonyl (C=O) groups excluding carboxylic acids is 1. The molecular formula is C19H30N4O2. The van der Waals surface area contributed by atoms with E-state index < -0.39 is 0 Å². The van der Waals surface area contributed by atoms with Gasteiger partial charge in [-0.05, 0) is 44.5 Å². The van der Waals surface area contributed by atoms with Crippen molar-refractivity contribution in [2.75, 3.05) is 51.8 Å². The van der Waals surface area contributed by atoms with Gasteiger partial charge in [-0.3, -0.25) is 4.90 Å². The Morgan fingerprint density at radius 3 is 2.60 bits per heavy atom. The van der Waals surface area contributed by atoms with Crippen molar-refractivity contribution in [1.82, 2.24) is 15.1 Å². The standard InChI is InChI=1S/C19H30N4O2/c1-15(23-11-13-25-14-12-23)16-3-5-17(6-4-16)21-19(24)20-9-10-22(2)18-7-8-18/h3-6,15,18H,7-14H2,1-2H3,(H2,20,21,24)/t15-/m1/s1. The molecule has 1 atom stereocenters. The molecule has 1 heterocycles. The zero-order valence-electron chi connectivity index (χ0n) is 15.3. The zero-order valence-corrected chi connectivity index (χ0v) is 15.3. The predicted octanol–water partition coefficient (Wildman–Crippen LogP) is 2.30. The minimum Gasteiger partial charge on any atom is -0.379 e. The third-order valence-electron chi connectivity index (χ3n) is 5.16. The monoisotopic (exact) mass is 346 g/mol. The quantitative estimate of drug-likeness (QED) is 0.795. The summed E-state index contributed by atoms with van der Waals surface area (Å²) in [5.74, 6) is 0. The van der Waals surface area contributed by atoms with Gasteiger partial charge >= 0.3 is 6.03 Å². The number of hydrogen-bond donors (Lipinski definition) is 2. The molecule has 6 nitrogen and oxygen atoms in total. The third kappa shape index (κ3) is 5.42. The van der Waals surface area contributed by atoms with Crippen LogP contribution in [-0.4, -0.2) is 68.3 Å². The number of morpholine rings is 1. The summed E-state index contributed by atoms with van der Waals surface area (Å²) in [5, 5.41) is 5.82. The summed E-state index contributed by atoms with van der Waals surface area (Å²) in [6.45, 7) is 7.34. The molecule has 0 aromatic heterocycles. The number of hydrogen-bond acceptors (Lipinski definition) is 4. The fraction of sp³-hybridized carbons (Fsp3) is 0.632. The van der Waals surface area contributed by atoms with E-state index in [0.717, 1.165) is 44.6 Å². The number of nitrogens with one attached hydrogen (secondary N) is 2. The Labute approximate surface area is 150 Å². The highest BCUT2D eigenvalue weighted by molar-refractivity contribution is 5.89. The van der Waals surface area contributed by atoms with Crippen LogP contribution in [0.15, 0.2) is 24.3 Å². The lowest BCUT2D eigenvalue weighted by Gasteiger charge is -2.32. The molecule has 1 aliphatic heterocycles. The number of ether oxygens (including phenoxy) is 1. The Morgan fingerprint density at radius 2 is 1.96 bits per heavy atom. The topological polar surface area (TPSA) is 56.8 Å². The van der Waals surface area contributed by atoms with Crippen molar-refractivity contribution in [1.29, 1.82) is 0 Å². The summed E-state index contributed by atoms with van der Waals surface area (Å²) in [6.07, 6.45) is 2.58. The van der Waals surface area contributed by atoms with E-state index in [1.54, 1.807) is 0 Å². The molecule has 2 aliphatic rings. The Kier molecular flexibility index (Phi) is 6.29. The second-order valence-electron chi connectivity index (χ2n) is 7.04. The maximum absolute atomic E-state index is 12.0. The van der Waals surface area contributed by atoms with Crippen molar-refractivity contribution in [2.24, 2.45) is 0 Å². The first-order chi connectivity index (χ1) is 12.1. The highest BCUT2D eigenvalue weighted by Gasteiger charge is 2.25. The van der Waals surface area contributed by atoms with E-state index in [1.807, 2.05) is 12.1 Å². The van der Waals surface area contributed by atoms with Crippen LogP contribution in [0.25, 0.3) is 0 Å². The van der Waals surface area contributed by atoms with E-state index in [0.29, 0.717) is 12.6 Å². The van der Waals surface area contributed by atoms with E-state index in [4.69, 9.17) is 4.74 Å². The number of nitrogens with zero attached hydrogens (tertiary/aromatic N) is 2. The molecule has 0 unspecified atom stereocenters. The van der Waals surface area contributed by atoms with Crippen LogP contribution in [0.1, 0.15) is 31.4 Å². The molecule has 2 fully saturated rings. The van der Waals surface area contributed by atoms with E-state index in [9.17, 15) is 4.79 Å². The Bertz CT molecular complexity index is 553. The molecule has 2 N–H and O–H groups in total. The lowest BCUT2D eigenvalue weighted by molar-refractivity contribution is 0.0198. The first kappa shape index (κ1) is 18.2. The van der Waals surface area contributed by atoms with Gasteiger partial charge in [0.15, 0.2) is 0 Å². The molecule has 3 rings (SSSR count). The number of rotatable bonds is 7. The summed E-state index contributed by atoms with van der Waals surface area (Å²) in [6, 6.07) is 9.09. The minimum absolute atomic E-state index is 0.141. The molecule has 25 heavy (non-hydrogen) atoms. The second kappa shape index (κ2) is 8.65. The number of urea groups is 1. The van der Waals surface area contributed by atoms with E-state index in [-0.39, 0.29) is 6.03 Å². The number of anilines is 1. The number of likely N-dealkylation sites (N-methyl/N-ethyl adjacent to an activating group) is 1. The van der Waals surface area contributed by atoms with Crippen LogP contribution in [0.4, 0.5) is 10.5 Å². The van der Waals surface area contributed by atoms with E-state index >= 15 is 0 Å². The molecular weight excluding hydrogens is 316 g/mol. The molecule has 0 bridgehead atoms. The predicted molar refractivity (Wildman–Crippen MR) is 99.9 cm³/mol. The molecule has 6 heteroatoms. The summed E-state index contributed by atoms with van der Waals surface area (Å²) in [5.41, 5.74) is 2.09. The van der Waals surface area contributed by atoms with Crippen LogP contribution in [0.3, 0.4) is 0 Å². The van der Waals surface area contributed by atoms with E-state index in [1.165, 1.54) is 18.4 Å². The fourth-order valence-electron chi connectivity index (χ4n) is 3.24. The fourth-order valence-corrected chi connectivity index (χ4v) is 3.24. The molecule has 1 aromatic carbocycles. The smallest absolute Gasteiger partial charge is 0.319 e. The Hall–Kier alpha value is -1.63. The van der Waals surface area contributed by atoms with Crippen LogP contribution in [0, 0.1) is 0 Å². The van der Waals surface area contributed by atoms with Crippen molar-refractivity contribution >= 4 is 11.7 Å². The summed E-state index contributed by atoms with van der Waals surface area (Å²) in [4.78, 5) is 16.7. The third-order valence-corrected chi connectivity index (χ3v) is 5.16. The van der Waals surface area contributed by atoms with Crippen molar-refractivity contribution < 1.29 is 9.53 Å². The van der Waals surface area contributed by atoms with Crippen molar-refractivity contribution in [3.8, 4) is 0 Å². The second-order valence-corrected chi connectivity index (χ2v) is 7.04. The summed E-state index contributed by atoms with van der Waals surface area (Å²) >= 11 is 0. The van der Waals surface area contributed by atoms with Crippen LogP contribution in [0.2, 0.25) is 0 Å². The number of amides is 2. The van der Waals surface area contributed by atoms with Gasteiger partial charge < -0.3 is 20.3 Å². The Morgan fingerprint density at radius 1 is 1.28 bits per heavy atom. The van der Waals surface area contributed by atoms with Crippen LogP contribution in [0.5, 0.6) is 0 Å². The van der Waals surface area contributed by atoms with Gasteiger partial charge in [0.25, 0.3) is 0 Å². The normalized spacial score (nSPS) is 19.6. The molecule has 138 valence electrons. The largest absolute Gasteiger partial charge is 0.379 e. The van der Waals surface area contributed by atoms with Crippen LogP contribution < -0.4 is 10.6 Å². The highest BCUT2D eigenvalue weighted by Crippen LogP contribution is 2.24. The molecule has 1 aromatic rings. The maximum atomic E-state index is 12.0. The van der Waals surface area contributed by atoms with Gasteiger partial charge in [0.05, 0.1) is 13.2 Å². The number of carbonyl (C=O) groups is 1. The molecule has 1 saturated heterocycles. The average molecular weight is 346 g/mol. The summed E-state index contributed by atoms with van der Waals surface area (Å²) < 4.78 is 5.41. The molecule has 0 spiro atoms. The molecule has 0 radical (unpaired) electrons. The molecule has 1 aliphatic carbocycles. The van der Waals surface area contributed by atoms with Gasteiger partial charge in [0.1, 0.15) is 0 Å². The van der Waals surface area contributed by atoms with Crippen molar-refractivity contribution in [3.63, 3.8) is 0 Å². The SMILES string of the molecule is C[C@H](c1ccc(NC(=O)NCCN(C)C2CC2)cc1)N1CCOCC1. The first-order valence-electron chi connectivity index (χ1n) is 9.30. The Balaban J connectivity index is 1.42. The maximum Gasteiger partial charge on any atom is 0.319 e. The lowest BCUT2D eigenvalue weighted by Crippen LogP contribution is -2.38. The average Bonchev–Trinajstić information content (AvgIpc) is 3.47. The van der Waals surface area contributed by atoms with Gasteiger partial charge in [0, 0.05) is 44.0 Å². The van der Waals surface area contributed by atoms with Crippen LogP contribution in [-0.2, 0) is 4.74 Å². The van der Waals surface area contributed by atoms with E-state index in [2.05, 4.69) is 46.5 Å². The summed E-state index contributed by atoms with van der Waals surface area (Å²) in [7, 11) is 2.12. The molecule has 1 saturated carbocycles. The number of benzene rings is 1. The first-order valence-corrected chi connectivity index (χ1v) is 9.30. The zero-order chi connectivity index (χ0) is 17.6. The highest BCUT2D eigenvalue weighted by atomic mass is 16.5. The van der Waals surface area contributed by atoms with Gasteiger partial charge in [-0.25, -0.2) is 4.79 Å². The van der Waals surface area contributed by atoms with Gasteiger partial charge in [0.2, 0.25) is 0 Å². The van der Waals surface area contributed by atoms with Gasteiger partial charge in [-0.2, -0.15) is 0 Å². The van der Waals surface area contributed by atoms with Crippen molar-refractivity contribution in [2.45, 2.75) is 31.8 Å². The van der Waals surface area contributed by atoms with Gasteiger partial charge in [-0.1, -0.05) is 12.1 Å². The van der Waals surface area contributed by atoms with Crippen LogP contribution >= 0.6 is 0 Å².